The van der Waals surface area contributed by atoms with Gasteiger partial charge in [0, 0.05) is 11.1 Å². The van der Waals surface area contributed by atoms with Crippen molar-refractivity contribution in [2.75, 3.05) is 0 Å². The second kappa shape index (κ2) is 6.44. The fourth-order valence-electron chi connectivity index (χ4n) is 1.91. The monoisotopic (exact) mass is 348 g/mol. The molecule has 3 rings (SSSR count). The smallest absolute Gasteiger partial charge is 0.216 e. The largest absolute Gasteiger partial charge is 0.250 e. The van der Waals surface area contributed by atoms with Crippen molar-refractivity contribution in [1.29, 1.82) is 0 Å². The molecule has 2 aromatic carbocycles. The van der Waals surface area contributed by atoms with E-state index in [1.807, 2.05) is 42.5 Å². The molecule has 1 heterocycles. The maximum atomic E-state index is 6.15. The molecule has 0 saturated carbocycles. The van der Waals surface area contributed by atoms with E-state index in [0.717, 1.165) is 5.56 Å². The lowest BCUT2D eigenvalue weighted by molar-refractivity contribution is 0.871. The second-order valence-corrected chi connectivity index (χ2v) is 5.59. The molecule has 1 aromatic heterocycles. The van der Waals surface area contributed by atoms with Crippen LogP contribution in [0.1, 0.15) is 5.56 Å². The predicted octanol–water partition coefficient (Wildman–Crippen LogP) is 4.80. The van der Waals surface area contributed by atoms with Crippen LogP contribution in [0.5, 0.6) is 0 Å². The SMILES string of the molecule is S=c1[nH]nc(-c2ccccc2)n1/N=C\c1cccc(Cl)c1Cl. The van der Waals surface area contributed by atoms with E-state index >= 15 is 0 Å². The molecule has 0 spiro atoms. The molecule has 0 saturated heterocycles. The molecular weight excluding hydrogens is 339 g/mol. The summed E-state index contributed by atoms with van der Waals surface area (Å²) in [4.78, 5) is 0. The third kappa shape index (κ3) is 2.97. The first-order valence-corrected chi connectivity index (χ1v) is 7.54. The molecule has 0 aliphatic carbocycles. The summed E-state index contributed by atoms with van der Waals surface area (Å²) in [7, 11) is 0. The Bertz CT molecular complexity index is 884. The van der Waals surface area contributed by atoms with Crippen LogP contribution in [-0.4, -0.2) is 21.1 Å². The van der Waals surface area contributed by atoms with Crippen LogP contribution in [0.3, 0.4) is 0 Å². The summed E-state index contributed by atoms with van der Waals surface area (Å²) in [5, 5.41) is 12.2. The first kappa shape index (κ1) is 15.0. The van der Waals surface area contributed by atoms with Gasteiger partial charge in [-0.1, -0.05) is 65.7 Å². The van der Waals surface area contributed by atoms with Gasteiger partial charge in [0.2, 0.25) is 4.77 Å². The lowest BCUT2D eigenvalue weighted by Gasteiger charge is -2.02. The molecule has 7 heteroatoms. The molecule has 0 aliphatic heterocycles. The molecule has 22 heavy (non-hydrogen) atoms. The molecule has 1 N–H and O–H groups in total. The maximum Gasteiger partial charge on any atom is 0.216 e. The lowest BCUT2D eigenvalue weighted by atomic mass is 10.2. The third-order valence-electron chi connectivity index (χ3n) is 2.98. The fourth-order valence-corrected chi connectivity index (χ4v) is 2.45. The summed E-state index contributed by atoms with van der Waals surface area (Å²) in [5.41, 5.74) is 1.61. The molecule has 0 fully saturated rings. The van der Waals surface area contributed by atoms with Gasteiger partial charge in [-0.2, -0.15) is 14.9 Å². The zero-order chi connectivity index (χ0) is 15.5. The Kier molecular flexibility index (Phi) is 4.38. The number of benzene rings is 2. The van der Waals surface area contributed by atoms with E-state index in [-0.39, 0.29) is 0 Å². The highest BCUT2D eigenvalue weighted by Gasteiger charge is 2.08. The van der Waals surface area contributed by atoms with E-state index < -0.39 is 0 Å². The normalized spacial score (nSPS) is 11.2. The quantitative estimate of drug-likeness (QED) is 0.545. The molecule has 110 valence electrons. The van der Waals surface area contributed by atoms with Crippen LogP contribution < -0.4 is 0 Å². The van der Waals surface area contributed by atoms with Crippen molar-refractivity contribution in [3.05, 3.63) is 68.9 Å². The summed E-state index contributed by atoms with van der Waals surface area (Å²) in [6, 6.07) is 15.0. The Balaban J connectivity index is 2.03. The number of aromatic amines is 1. The molecule has 0 bridgehead atoms. The van der Waals surface area contributed by atoms with Gasteiger partial charge in [-0.25, -0.2) is 5.10 Å². The van der Waals surface area contributed by atoms with Crippen molar-refractivity contribution >= 4 is 41.6 Å². The van der Waals surface area contributed by atoms with Crippen molar-refractivity contribution in [3.8, 4) is 11.4 Å². The van der Waals surface area contributed by atoms with Crippen molar-refractivity contribution in [3.63, 3.8) is 0 Å². The van der Waals surface area contributed by atoms with Crippen molar-refractivity contribution in [1.82, 2.24) is 14.9 Å². The number of halogens is 2. The van der Waals surface area contributed by atoms with Gasteiger partial charge in [-0.15, -0.1) is 0 Å². The Morgan fingerprint density at radius 3 is 2.64 bits per heavy atom. The van der Waals surface area contributed by atoms with Crippen LogP contribution in [0, 0.1) is 4.77 Å². The van der Waals surface area contributed by atoms with Gasteiger partial charge in [0.25, 0.3) is 0 Å². The van der Waals surface area contributed by atoms with E-state index in [4.69, 9.17) is 35.4 Å². The van der Waals surface area contributed by atoms with Gasteiger partial charge in [0.15, 0.2) is 5.82 Å². The van der Waals surface area contributed by atoms with Gasteiger partial charge in [0.05, 0.1) is 16.3 Å². The fraction of sp³-hybridized carbons (Fsp3) is 0. The van der Waals surface area contributed by atoms with Crippen LogP contribution in [0.4, 0.5) is 0 Å². The molecule has 0 radical (unpaired) electrons. The molecule has 0 aliphatic rings. The van der Waals surface area contributed by atoms with E-state index in [0.29, 0.717) is 26.2 Å². The molecule has 0 atom stereocenters. The van der Waals surface area contributed by atoms with E-state index in [2.05, 4.69) is 15.3 Å². The van der Waals surface area contributed by atoms with Crippen LogP contribution >= 0.6 is 35.4 Å². The highest BCUT2D eigenvalue weighted by atomic mass is 35.5. The number of rotatable bonds is 3. The minimum absolute atomic E-state index is 0.397. The minimum atomic E-state index is 0.397. The van der Waals surface area contributed by atoms with Crippen LogP contribution in [-0.2, 0) is 0 Å². The molecule has 4 nitrogen and oxygen atoms in total. The van der Waals surface area contributed by atoms with E-state index in [1.54, 1.807) is 17.0 Å². The standard InChI is InChI=1S/C15H10Cl2N4S/c16-12-8-4-7-11(13(12)17)9-18-21-14(19-20-15(21)22)10-5-2-1-3-6-10/h1-9H,(H,20,22)/b18-9-. The highest BCUT2D eigenvalue weighted by Crippen LogP contribution is 2.24. The van der Waals surface area contributed by atoms with E-state index in [1.165, 1.54) is 0 Å². The van der Waals surface area contributed by atoms with Gasteiger partial charge >= 0.3 is 0 Å². The minimum Gasteiger partial charge on any atom is -0.250 e. The third-order valence-corrected chi connectivity index (χ3v) is 4.07. The Morgan fingerprint density at radius 1 is 1.09 bits per heavy atom. The topological polar surface area (TPSA) is 46.0 Å². The van der Waals surface area contributed by atoms with E-state index in [9.17, 15) is 0 Å². The average Bonchev–Trinajstić information content (AvgIpc) is 2.91. The summed E-state index contributed by atoms with van der Waals surface area (Å²) in [6.07, 6.45) is 1.60. The lowest BCUT2D eigenvalue weighted by Crippen LogP contribution is -1.95. The molecule has 0 amide bonds. The number of H-pyrrole nitrogens is 1. The van der Waals surface area contributed by atoms with Crippen LogP contribution in [0.25, 0.3) is 11.4 Å². The number of nitrogens with one attached hydrogen (secondary N) is 1. The van der Waals surface area contributed by atoms with Gasteiger partial charge in [0.1, 0.15) is 0 Å². The van der Waals surface area contributed by atoms with Gasteiger partial charge in [-0.05, 0) is 18.3 Å². The summed E-state index contributed by atoms with van der Waals surface area (Å²) < 4.78 is 1.94. The Morgan fingerprint density at radius 2 is 1.86 bits per heavy atom. The van der Waals surface area contributed by atoms with Crippen LogP contribution in [0.15, 0.2) is 53.6 Å². The zero-order valence-electron chi connectivity index (χ0n) is 11.2. The molecule has 0 unspecified atom stereocenters. The number of hydrogen-bond acceptors (Lipinski definition) is 3. The first-order valence-electron chi connectivity index (χ1n) is 6.38. The number of aromatic nitrogens is 3. The van der Waals surface area contributed by atoms with Gasteiger partial charge in [-0.3, -0.25) is 0 Å². The Hall–Kier alpha value is -1.95. The Labute approximate surface area is 142 Å². The van der Waals surface area contributed by atoms with Gasteiger partial charge < -0.3 is 0 Å². The predicted molar refractivity (Wildman–Crippen MR) is 92.3 cm³/mol. The second-order valence-electron chi connectivity index (χ2n) is 4.42. The molecule has 3 aromatic rings. The maximum absolute atomic E-state index is 6.15. The summed E-state index contributed by atoms with van der Waals surface area (Å²) in [6.45, 7) is 0. The molecular formula is C15H10Cl2N4S. The summed E-state index contributed by atoms with van der Waals surface area (Å²) >= 11 is 17.4. The average molecular weight is 349 g/mol. The summed E-state index contributed by atoms with van der Waals surface area (Å²) in [5.74, 6) is 0.625. The van der Waals surface area contributed by atoms with Crippen molar-refractivity contribution in [2.24, 2.45) is 5.10 Å². The highest BCUT2D eigenvalue weighted by molar-refractivity contribution is 7.71. The number of hydrogen-bond donors (Lipinski definition) is 1. The van der Waals surface area contributed by atoms with Crippen molar-refractivity contribution in [2.45, 2.75) is 0 Å². The van der Waals surface area contributed by atoms with Crippen molar-refractivity contribution < 1.29 is 0 Å². The zero-order valence-corrected chi connectivity index (χ0v) is 13.5. The van der Waals surface area contributed by atoms with Crippen LogP contribution in [0.2, 0.25) is 10.0 Å². The number of nitrogens with zero attached hydrogens (tertiary/aromatic N) is 3. The first-order chi connectivity index (χ1) is 10.7.